The van der Waals surface area contributed by atoms with Gasteiger partial charge in [-0.1, -0.05) is 13.8 Å². The predicted octanol–water partition coefficient (Wildman–Crippen LogP) is 0.259. The number of carbonyl (C=O) groups excluding carboxylic acids is 3. The van der Waals surface area contributed by atoms with E-state index in [4.69, 9.17) is 4.74 Å². The van der Waals surface area contributed by atoms with Gasteiger partial charge in [0, 0.05) is 12.5 Å². The molecule has 0 radical (unpaired) electrons. The van der Waals surface area contributed by atoms with Crippen LogP contribution in [0.4, 0.5) is 0 Å². The van der Waals surface area contributed by atoms with E-state index in [2.05, 4.69) is 10.6 Å². The summed E-state index contributed by atoms with van der Waals surface area (Å²) in [5.74, 6) is -0.643. The van der Waals surface area contributed by atoms with Crippen molar-refractivity contribution >= 4 is 17.7 Å². The van der Waals surface area contributed by atoms with Crippen LogP contribution in [0.2, 0.25) is 0 Å². The summed E-state index contributed by atoms with van der Waals surface area (Å²) in [6, 6.07) is -0.323. The van der Waals surface area contributed by atoms with Crippen molar-refractivity contribution in [1.82, 2.24) is 10.6 Å². The number of hydrogen-bond acceptors (Lipinski definition) is 5. The maximum atomic E-state index is 11.9. The molecule has 1 aliphatic rings. The van der Waals surface area contributed by atoms with Gasteiger partial charge in [0.15, 0.2) is 5.78 Å². The summed E-state index contributed by atoms with van der Waals surface area (Å²) in [5, 5.41) is 5.68. The molecule has 1 saturated heterocycles. The van der Waals surface area contributed by atoms with Gasteiger partial charge in [-0.2, -0.15) is 0 Å². The molecule has 0 bridgehead atoms. The van der Waals surface area contributed by atoms with Crippen LogP contribution in [0, 0.1) is 11.8 Å². The zero-order valence-electron chi connectivity index (χ0n) is 12.4. The Hall–Kier alpha value is -1.43. The van der Waals surface area contributed by atoms with Crippen LogP contribution < -0.4 is 10.6 Å². The molecule has 2 atom stereocenters. The Labute approximate surface area is 119 Å². The molecule has 0 aromatic rings. The van der Waals surface area contributed by atoms with Gasteiger partial charge in [-0.15, -0.1) is 0 Å². The molecular weight excluding hydrogens is 260 g/mol. The molecule has 0 aromatic heterocycles. The van der Waals surface area contributed by atoms with Gasteiger partial charge in [-0.25, -0.2) is 0 Å². The van der Waals surface area contributed by atoms with Crippen LogP contribution in [-0.2, 0) is 19.1 Å². The van der Waals surface area contributed by atoms with E-state index in [-0.39, 0.29) is 42.1 Å². The highest BCUT2D eigenvalue weighted by atomic mass is 16.5. The Morgan fingerprint density at radius 3 is 2.50 bits per heavy atom. The Morgan fingerprint density at radius 2 is 2.00 bits per heavy atom. The van der Waals surface area contributed by atoms with E-state index in [9.17, 15) is 14.4 Å². The van der Waals surface area contributed by atoms with Crippen molar-refractivity contribution in [2.75, 3.05) is 19.7 Å². The van der Waals surface area contributed by atoms with Gasteiger partial charge >= 0.3 is 5.97 Å². The highest BCUT2D eigenvalue weighted by molar-refractivity contribution is 5.88. The lowest BCUT2D eigenvalue weighted by Crippen LogP contribution is -2.49. The van der Waals surface area contributed by atoms with Crippen LogP contribution in [-0.4, -0.2) is 43.4 Å². The standard InChI is InChI=1S/C14H24N2O4/c1-4-20-14(19)11-6-5-10(7-15-11)13(18)16-8-12(17)9(2)3/h9-11,15H,4-8H2,1-3H3,(H,16,18)/t10-,11-/m0/s1. The number of amides is 1. The van der Waals surface area contributed by atoms with Crippen LogP contribution in [0.25, 0.3) is 0 Å². The number of ether oxygens (including phenoxy) is 1. The smallest absolute Gasteiger partial charge is 0.323 e. The molecule has 20 heavy (non-hydrogen) atoms. The van der Waals surface area contributed by atoms with E-state index >= 15 is 0 Å². The zero-order valence-corrected chi connectivity index (χ0v) is 12.4. The summed E-state index contributed by atoms with van der Waals surface area (Å²) in [6.45, 7) is 6.25. The van der Waals surface area contributed by atoms with Crippen molar-refractivity contribution in [2.45, 2.75) is 39.7 Å². The molecule has 0 unspecified atom stereocenters. The Kier molecular flexibility index (Phi) is 6.64. The van der Waals surface area contributed by atoms with Crippen molar-refractivity contribution in [3.05, 3.63) is 0 Å². The van der Waals surface area contributed by atoms with E-state index in [0.717, 1.165) is 0 Å². The topological polar surface area (TPSA) is 84.5 Å². The lowest BCUT2D eigenvalue weighted by Gasteiger charge is -2.27. The molecule has 1 aliphatic heterocycles. The molecule has 0 aliphatic carbocycles. The summed E-state index contributed by atoms with van der Waals surface area (Å²) in [6.07, 6.45) is 1.20. The Balaban J connectivity index is 2.32. The molecule has 1 heterocycles. The van der Waals surface area contributed by atoms with Gasteiger partial charge in [-0.3, -0.25) is 14.4 Å². The van der Waals surface area contributed by atoms with Gasteiger partial charge < -0.3 is 15.4 Å². The zero-order chi connectivity index (χ0) is 15.1. The molecule has 1 rings (SSSR count). The van der Waals surface area contributed by atoms with Crippen molar-refractivity contribution in [3.63, 3.8) is 0 Å². The van der Waals surface area contributed by atoms with Gasteiger partial charge in [0.1, 0.15) is 6.04 Å². The normalized spacial score (nSPS) is 22.4. The van der Waals surface area contributed by atoms with Crippen molar-refractivity contribution in [1.29, 1.82) is 0 Å². The van der Waals surface area contributed by atoms with E-state index in [1.807, 2.05) is 0 Å². The molecule has 6 heteroatoms. The molecule has 2 N–H and O–H groups in total. The highest BCUT2D eigenvalue weighted by Crippen LogP contribution is 2.15. The van der Waals surface area contributed by atoms with E-state index < -0.39 is 0 Å². The summed E-state index contributed by atoms with van der Waals surface area (Å²) in [4.78, 5) is 34.9. The van der Waals surface area contributed by atoms with Crippen LogP contribution in [0.5, 0.6) is 0 Å². The van der Waals surface area contributed by atoms with Crippen molar-refractivity contribution in [3.8, 4) is 0 Å². The first-order valence-corrected chi connectivity index (χ1v) is 7.16. The maximum Gasteiger partial charge on any atom is 0.323 e. The minimum atomic E-state index is -0.323. The van der Waals surface area contributed by atoms with E-state index in [1.165, 1.54) is 0 Å². The monoisotopic (exact) mass is 284 g/mol. The molecular formula is C14H24N2O4. The van der Waals surface area contributed by atoms with Gasteiger partial charge in [-0.05, 0) is 19.8 Å². The van der Waals surface area contributed by atoms with Crippen LogP contribution in [0.15, 0.2) is 0 Å². The largest absolute Gasteiger partial charge is 0.465 e. The van der Waals surface area contributed by atoms with Crippen molar-refractivity contribution in [2.24, 2.45) is 11.8 Å². The third-order valence-corrected chi connectivity index (χ3v) is 3.44. The lowest BCUT2D eigenvalue weighted by molar-refractivity contribution is -0.147. The second-order valence-electron chi connectivity index (χ2n) is 5.33. The van der Waals surface area contributed by atoms with Crippen LogP contribution >= 0.6 is 0 Å². The maximum absolute atomic E-state index is 11.9. The Morgan fingerprint density at radius 1 is 1.30 bits per heavy atom. The van der Waals surface area contributed by atoms with Crippen LogP contribution in [0.3, 0.4) is 0 Å². The number of hydrogen-bond donors (Lipinski definition) is 2. The molecule has 1 fully saturated rings. The van der Waals surface area contributed by atoms with Crippen LogP contribution in [0.1, 0.15) is 33.6 Å². The van der Waals surface area contributed by atoms with E-state index in [0.29, 0.717) is 26.0 Å². The van der Waals surface area contributed by atoms with Gasteiger partial charge in [0.2, 0.25) is 5.91 Å². The van der Waals surface area contributed by atoms with Gasteiger partial charge in [0.05, 0.1) is 19.1 Å². The SMILES string of the molecule is CCOC(=O)[C@@H]1CC[C@H](C(=O)NCC(=O)C(C)C)CN1. The summed E-state index contributed by atoms with van der Waals surface area (Å²) in [7, 11) is 0. The summed E-state index contributed by atoms with van der Waals surface area (Å²) < 4.78 is 4.94. The average molecular weight is 284 g/mol. The fourth-order valence-corrected chi connectivity index (χ4v) is 2.05. The molecule has 0 spiro atoms. The fourth-order valence-electron chi connectivity index (χ4n) is 2.05. The fraction of sp³-hybridized carbons (Fsp3) is 0.786. The molecule has 0 aromatic carbocycles. The number of ketones is 1. The molecule has 114 valence electrons. The first-order chi connectivity index (χ1) is 9.45. The third kappa shape index (κ3) is 4.92. The Bertz CT molecular complexity index is 360. The number of rotatable bonds is 6. The molecule has 1 amide bonds. The van der Waals surface area contributed by atoms with Crippen molar-refractivity contribution < 1.29 is 19.1 Å². The number of esters is 1. The predicted molar refractivity (Wildman–Crippen MR) is 74.0 cm³/mol. The third-order valence-electron chi connectivity index (χ3n) is 3.44. The number of piperidine rings is 1. The highest BCUT2D eigenvalue weighted by Gasteiger charge is 2.30. The minimum Gasteiger partial charge on any atom is -0.465 e. The molecule has 0 saturated carbocycles. The number of carbonyl (C=O) groups is 3. The first-order valence-electron chi connectivity index (χ1n) is 7.16. The quantitative estimate of drug-likeness (QED) is 0.683. The number of nitrogens with one attached hydrogen (secondary N) is 2. The molecule has 6 nitrogen and oxygen atoms in total. The minimum absolute atomic E-state index is 0.0199. The number of Topliss-reactive ketones (excluding diaryl/α,β-unsaturated/α-hetero) is 1. The first kappa shape index (κ1) is 16.6. The second kappa shape index (κ2) is 7.99. The summed E-state index contributed by atoms with van der Waals surface area (Å²) in [5.41, 5.74) is 0. The van der Waals surface area contributed by atoms with Gasteiger partial charge in [0.25, 0.3) is 0 Å². The summed E-state index contributed by atoms with van der Waals surface area (Å²) >= 11 is 0. The lowest BCUT2D eigenvalue weighted by atomic mass is 9.94. The average Bonchev–Trinajstić information content (AvgIpc) is 2.44. The second-order valence-corrected chi connectivity index (χ2v) is 5.33. The van der Waals surface area contributed by atoms with E-state index in [1.54, 1.807) is 20.8 Å².